The van der Waals surface area contributed by atoms with E-state index in [1.54, 1.807) is 17.0 Å². The van der Waals surface area contributed by atoms with Gasteiger partial charge in [-0.2, -0.15) is 0 Å². The van der Waals surface area contributed by atoms with Gasteiger partial charge in [0, 0.05) is 11.1 Å². The summed E-state index contributed by atoms with van der Waals surface area (Å²) in [4.78, 5) is 24.2. The number of benzene rings is 1. The fourth-order valence-corrected chi connectivity index (χ4v) is 2.02. The van der Waals surface area contributed by atoms with Gasteiger partial charge in [-0.25, -0.2) is 0 Å². The van der Waals surface area contributed by atoms with Crippen molar-refractivity contribution in [2.75, 3.05) is 18.4 Å². The fourth-order valence-electron chi connectivity index (χ4n) is 1.56. The van der Waals surface area contributed by atoms with Crippen molar-refractivity contribution in [2.24, 2.45) is 0 Å². The van der Waals surface area contributed by atoms with Crippen LogP contribution in [-0.2, 0) is 9.59 Å². The number of amides is 1. The molecule has 0 aliphatic heterocycles. The standard InChI is InChI=1S/C13H16Cl2N2O3/c1-8(2)17(7-13(19)20)6-12(18)16-11-4-3-9(14)5-10(11)15/h3-5,8H,6-7H2,1-2H3,(H,16,18)(H,19,20). The summed E-state index contributed by atoms with van der Waals surface area (Å²) in [5.41, 5.74) is 0.445. The van der Waals surface area contributed by atoms with Gasteiger partial charge in [-0.05, 0) is 32.0 Å². The zero-order valence-corrected chi connectivity index (χ0v) is 12.7. The monoisotopic (exact) mass is 318 g/mol. The van der Waals surface area contributed by atoms with Crippen LogP contribution in [0.25, 0.3) is 0 Å². The van der Waals surface area contributed by atoms with Gasteiger partial charge in [0.2, 0.25) is 5.91 Å². The van der Waals surface area contributed by atoms with Crippen molar-refractivity contribution in [1.82, 2.24) is 4.90 Å². The molecule has 0 radical (unpaired) electrons. The molecule has 20 heavy (non-hydrogen) atoms. The number of anilines is 1. The number of carbonyl (C=O) groups is 2. The lowest BCUT2D eigenvalue weighted by molar-refractivity contribution is -0.139. The number of nitrogens with one attached hydrogen (secondary N) is 1. The molecule has 0 aromatic heterocycles. The van der Waals surface area contributed by atoms with E-state index in [0.717, 1.165) is 0 Å². The topological polar surface area (TPSA) is 69.6 Å². The zero-order valence-electron chi connectivity index (χ0n) is 11.2. The SMILES string of the molecule is CC(C)N(CC(=O)O)CC(=O)Nc1ccc(Cl)cc1Cl. The molecule has 1 aromatic carbocycles. The third kappa shape index (κ3) is 5.36. The molecule has 1 aromatic rings. The van der Waals surface area contributed by atoms with Gasteiger partial charge in [0.15, 0.2) is 0 Å². The molecule has 0 fully saturated rings. The summed E-state index contributed by atoms with van der Waals surface area (Å²) < 4.78 is 0. The summed E-state index contributed by atoms with van der Waals surface area (Å²) in [5, 5.41) is 12.2. The van der Waals surface area contributed by atoms with Crippen LogP contribution in [0.5, 0.6) is 0 Å². The van der Waals surface area contributed by atoms with Crippen LogP contribution < -0.4 is 5.32 Å². The van der Waals surface area contributed by atoms with Crippen molar-refractivity contribution < 1.29 is 14.7 Å². The van der Waals surface area contributed by atoms with E-state index in [1.165, 1.54) is 6.07 Å². The quantitative estimate of drug-likeness (QED) is 0.846. The molecular formula is C13H16Cl2N2O3. The van der Waals surface area contributed by atoms with E-state index in [1.807, 2.05) is 13.8 Å². The smallest absolute Gasteiger partial charge is 0.317 e. The number of aliphatic carboxylic acids is 1. The predicted octanol–water partition coefficient (Wildman–Crippen LogP) is 2.73. The Morgan fingerprint density at radius 3 is 2.45 bits per heavy atom. The third-order valence-corrected chi connectivity index (χ3v) is 3.17. The molecule has 0 spiro atoms. The molecule has 7 heteroatoms. The second-order valence-corrected chi connectivity index (χ2v) is 5.41. The van der Waals surface area contributed by atoms with E-state index in [-0.39, 0.29) is 25.0 Å². The Bertz CT molecular complexity index is 506. The Labute approximate surface area is 127 Å². The first-order chi connectivity index (χ1) is 9.29. The molecule has 110 valence electrons. The van der Waals surface area contributed by atoms with E-state index >= 15 is 0 Å². The second kappa shape index (κ2) is 7.47. The van der Waals surface area contributed by atoms with Crippen LogP contribution in [0, 0.1) is 0 Å². The van der Waals surface area contributed by atoms with Crippen LogP contribution in [-0.4, -0.2) is 41.0 Å². The number of carboxylic acids is 1. The molecule has 0 saturated heterocycles. The maximum absolute atomic E-state index is 11.9. The number of carbonyl (C=O) groups excluding carboxylic acids is 1. The summed E-state index contributed by atoms with van der Waals surface area (Å²) in [6.45, 7) is 3.43. The van der Waals surface area contributed by atoms with Crippen LogP contribution in [0.3, 0.4) is 0 Å². The highest BCUT2D eigenvalue weighted by molar-refractivity contribution is 6.36. The summed E-state index contributed by atoms with van der Waals surface area (Å²) in [7, 11) is 0. The van der Waals surface area contributed by atoms with Crippen molar-refractivity contribution >= 4 is 40.8 Å². The molecule has 0 aliphatic rings. The minimum absolute atomic E-state index is 0.0249. The van der Waals surface area contributed by atoms with Crippen LogP contribution in [0.1, 0.15) is 13.8 Å². The van der Waals surface area contributed by atoms with Crippen LogP contribution in [0.4, 0.5) is 5.69 Å². The molecule has 2 N–H and O–H groups in total. The molecular weight excluding hydrogens is 303 g/mol. The molecule has 1 amide bonds. The predicted molar refractivity (Wildman–Crippen MR) is 79.4 cm³/mol. The number of carboxylic acid groups (broad SMARTS) is 1. The van der Waals surface area contributed by atoms with Gasteiger partial charge in [0.25, 0.3) is 0 Å². The molecule has 0 aliphatic carbocycles. The Morgan fingerprint density at radius 1 is 1.30 bits per heavy atom. The minimum Gasteiger partial charge on any atom is -0.480 e. The average Bonchev–Trinajstić information content (AvgIpc) is 2.31. The van der Waals surface area contributed by atoms with Gasteiger partial charge in [-0.3, -0.25) is 14.5 Å². The Morgan fingerprint density at radius 2 is 1.95 bits per heavy atom. The molecule has 1 rings (SSSR count). The van der Waals surface area contributed by atoms with Gasteiger partial charge >= 0.3 is 5.97 Å². The highest BCUT2D eigenvalue weighted by atomic mass is 35.5. The maximum atomic E-state index is 11.9. The Kier molecular flexibility index (Phi) is 6.26. The maximum Gasteiger partial charge on any atom is 0.317 e. The normalized spacial score (nSPS) is 10.9. The summed E-state index contributed by atoms with van der Waals surface area (Å²) in [5.74, 6) is -1.31. The highest BCUT2D eigenvalue weighted by Crippen LogP contribution is 2.25. The van der Waals surface area contributed by atoms with Crippen LogP contribution >= 0.6 is 23.2 Å². The first kappa shape index (κ1) is 16.8. The van der Waals surface area contributed by atoms with E-state index < -0.39 is 5.97 Å². The number of nitrogens with zero attached hydrogens (tertiary/aromatic N) is 1. The zero-order chi connectivity index (χ0) is 15.3. The molecule has 0 bridgehead atoms. The Balaban J connectivity index is 2.68. The van der Waals surface area contributed by atoms with Gasteiger partial charge in [0.05, 0.1) is 23.8 Å². The van der Waals surface area contributed by atoms with Crippen molar-refractivity contribution in [1.29, 1.82) is 0 Å². The minimum atomic E-state index is -0.976. The van der Waals surface area contributed by atoms with Gasteiger partial charge in [-0.1, -0.05) is 23.2 Å². The molecule has 0 heterocycles. The van der Waals surface area contributed by atoms with Gasteiger partial charge in [0.1, 0.15) is 0 Å². The summed E-state index contributed by atoms with van der Waals surface area (Å²) in [6, 6.07) is 4.67. The number of hydrogen-bond donors (Lipinski definition) is 2. The molecule has 0 atom stereocenters. The van der Waals surface area contributed by atoms with Crippen molar-refractivity contribution in [2.45, 2.75) is 19.9 Å². The van der Waals surface area contributed by atoms with Gasteiger partial charge in [-0.15, -0.1) is 0 Å². The number of hydrogen-bond acceptors (Lipinski definition) is 3. The van der Waals surface area contributed by atoms with E-state index in [0.29, 0.717) is 15.7 Å². The summed E-state index contributed by atoms with van der Waals surface area (Å²) >= 11 is 11.7. The van der Waals surface area contributed by atoms with Crippen molar-refractivity contribution in [3.05, 3.63) is 28.2 Å². The van der Waals surface area contributed by atoms with E-state index in [2.05, 4.69) is 5.32 Å². The van der Waals surface area contributed by atoms with E-state index in [9.17, 15) is 9.59 Å². The number of rotatable bonds is 6. The lowest BCUT2D eigenvalue weighted by Gasteiger charge is -2.23. The highest BCUT2D eigenvalue weighted by Gasteiger charge is 2.17. The lowest BCUT2D eigenvalue weighted by Crippen LogP contribution is -2.41. The van der Waals surface area contributed by atoms with Crippen LogP contribution in [0.15, 0.2) is 18.2 Å². The average molecular weight is 319 g/mol. The summed E-state index contributed by atoms with van der Waals surface area (Å²) in [6.07, 6.45) is 0. The first-order valence-electron chi connectivity index (χ1n) is 6.00. The Hall–Kier alpha value is -1.30. The number of halogens is 2. The van der Waals surface area contributed by atoms with Crippen molar-refractivity contribution in [3.8, 4) is 0 Å². The lowest BCUT2D eigenvalue weighted by atomic mass is 10.3. The van der Waals surface area contributed by atoms with Crippen molar-refractivity contribution in [3.63, 3.8) is 0 Å². The fraction of sp³-hybridized carbons (Fsp3) is 0.385. The second-order valence-electron chi connectivity index (χ2n) is 4.56. The largest absolute Gasteiger partial charge is 0.480 e. The molecule has 5 nitrogen and oxygen atoms in total. The van der Waals surface area contributed by atoms with Crippen LogP contribution in [0.2, 0.25) is 10.0 Å². The molecule has 0 saturated carbocycles. The molecule has 0 unspecified atom stereocenters. The van der Waals surface area contributed by atoms with E-state index in [4.69, 9.17) is 28.3 Å². The first-order valence-corrected chi connectivity index (χ1v) is 6.76. The van der Waals surface area contributed by atoms with Gasteiger partial charge < -0.3 is 10.4 Å². The third-order valence-electron chi connectivity index (χ3n) is 2.62.